The summed E-state index contributed by atoms with van der Waals surface area (Å²) in [5.41, 5.74) is 0.704. The lowest BCUT2D eigenvalue weighted by Gasteiger charge is -2.39. The standard InChI is InChI=1S/C19H22N2O/c1-2-3-15-22-19(21-14-13-20-16-21)12-8-7-11-18(19)17-9-5-4-6-10-17/h4-14,16,18H,2-3,15H2,1H3. The molecule has 2 aromatic rings. The van der Waals surface area contributed by atoms with Crippen LogP contribution in [0.5, 0.6) is 0 Å². The second kappa shape index (κ2) is 6.75. The van der Waals surface area contributed by atoms with Gasteiger partial charge in [0.25, 0.3) is 0 Å². The van der Waals surface area contributed by atoms with E-state index in [9.17, 15) is 0 Å². The first-order chi connectivity index (χ1) is 10.9. The minimum Gasteiger partial charge on any atom is -0.351 e. The Kier molecular flexibility index (Phi) is 4.54. The smallest absolute Gasteiger partial charge is 0.175 e. The second-order valence-corrected chi connectivity index (χ2v) is 5.56. The number of nitrogens with zero attached hydrogens (tertiary/aromatic N) is 2. The Bertz CT molecular complexity index is 631. The van der Waals surface area contributed by atoms with E-state index in [1.807, 2.05) is 18.6 Å². The fourth-order valence-electron chi connectivity index (χ4n) is 2.93. The number of rotatable bonds is 6. The molecule has 0 saturated heterocycles. The second-order valence-electron chi connectivity index (χ2n) is 5.56. The molecule has 3 heteroatoms. The maximum Gasteiger partial charge on any atom is 0.175 e. The molecule has 2 unspecified atom stereocenters. The minimum absolute atomic E-state index is 0.129. The molecule has 2 atom stereocenters. The summed E-state index contributed by atoms with van der Waals surface area (Å²) in [6.07, 6.45) is 16.3. The van der Waals surface area contributed by atoms with Gasteiger partial charge < -0.3 is 9.30 Å². The van der Waals surface area contributed by atoms with Crippen LogP contribution in [0.4, 0.5) is 0 Å². The van der Waals surface area contributed by atoms with Gasteiger partial charge in [-0.25, -0.2) is 4.98 Å². The number of allylic oxidation sites excluding steroid dienone is 2. The summed E-state index contributed by atoms with van der Waals surface area (Å²) in [4.78, 5) is 4.22. The number of aromatic nitrogens is 2. The molecule has 1 aromatic carbocycles. The van der Waals surface area contributed by atoms with Gasteiger partial charge in [-0.05, 0) is 18.1 Å². The van der Waals surface area contributed by atoms with Crippen molar-refractivity contribution < 1.29 is 4.74 Å². The van der Waals surface area contributed by atoms with Crippen LogP contribution < -0.4 is 0 Å². The first-order valence-corrected chi connectivity index (χ1v) is 7.90. The van der Waals surface area contributed by atoms with Gasteiger partial charge in [0.1, 0.15) is 0 Å². The zero-order valence-electron chi connectivity index (χ0n) is 12.9. The van der Waals surface area contributed by atoms with Crippen LogP contribution in [0.1, 0.15) is 31.2 Å². The summed E-state index contributed by atoms with van der Waals surface area (Å²) in [7, 11) is 0. The van der Waals surface area contributed by atoms with Crippen molar-refractivity contribution in [2.24, 2.45) is 0 Å². The third kappa shape index (κ3) is 2.77. The largest absolute Gasteiger partial charge is 0.351 e. The highest BCUT2D eigenvalue weighted by molar-refractivity contribution is 5.34. The lowest BCUT2D eigenvalue weighted by atomic mass is 9.84. The Balaban J connectivity index is 2.01. The summed E-state index contributed by atoms with van der Waals surface area (Å²) in [5, 5.41) is 0. The first-order valence-electron chi connectivity index (χ1n) is 7.90. The van der Waals surface area contributed by atoms with E-state index in [4.69, 9.17) is 4.74 Å². The number of benzene rings is 1. The van der Waals surface area contributed by atoms with Crippen molar-refractivity contribution in [1.82, 2.24) is 9.55 Å². The Morgan fingerprint density at radius 2 is 2.09 bits per heavy atom. The topological polar surface area (TPSA) is 27.1 Å². The number of hydrogen-bond donors (Lipinski definition) is 0. The SMILES string of the molecule is CCCCOC1(n2ccnc2)C=CC=CC1c1ccccc1. The van der Waals surface area contributed by atoms with E-state index < -0.39 is 5.72 Å². The summed E-state index contributed by atoms with van der Waals surface area (Å²) in [6, 6.07) is 10.5. The molecule has 1 heterocycles. The fourth-order valence-corrected chi connectivity index (χ4v) is 2.93. The molecule has 0 spiro atoms. The predicted molar refractivity (Wildman–Crippen MR) is 88.5 cm³/mol. The lowest BCUT2D eigenvalue weighted by molar-refractivity contribution is -0.0806. The van der Waals surface area contributed by atoms with Crippen molar-refractivity contribution in [3.63, 3.8) is 0 Å². The highest BCUT2D eigenvalue weighted by Gasteiger charge is 2.39. The summed E-state index contributed by atoms with van der Waals surface area (Å²) in [5.74, 6) is 0.129. The van der Waals surface area contributed by atoms with Gasteiger partial charge in [-0.2, -0.15) is 0 Å². The Morgan fingerprint density at radius 1 is 1.23 bits per heavy atom. The minimum atomic E-state index is -0.540. The highest BCUT2D eigenvalue weighted by Crippen LogP contribution is 2.40. The van der Waals surface area contributed by atoms with Crippen molar-refractivity contribution in [3.05, 3.63) is 78.9 Å². The van der Waals surface area contributed by atoms with Gasteiger partial charge in [-0.15, -0.1) is 0 Å². The van der Waals surface area contributed by atoms with E-state index >= 15 is 0 Å². The molecule has 0 radical (unpaired) electrons. The zero-order chi connectivity index (χ0) is 15.3. The van der Waals surface area contributed by atoms with Crippen LogP contribution in [0.3, 0.4) is 0 Å². The van der Waals surface area contributed by atoms with Crippen LogP contribution >= 0.6 is 0 Å². The number of ether oxygens (including phenoxy) is 1. The zero-order valence-corrected chi connectivity index (χ0v) is 12.9. The van der Waals surface area contributed by atoms with Crippen LogP contribution in [-0.4, -0.2) is 16.2 Å². The van der Waals surface area contributed by atoms with Gasteiger partial charge in [0, 0.05) is 19.0 Å². The van der Waals surface area contributed by atoms with Gasteiger partial charge in [0.15, 0.2) is 5.72 Å². The average molecular weight is 294 g/mol. The molecule has 1 aliphatic rings. The Labute approximate surface area is 132 Å². The van der Waals surface area contributed by atoms with Crippen molar-refractivity contribution in [3.8, 4) is 0 Å². The van der Waals surface area contributed by atoms with Crippen LogP contribution in [0.25, 0.3) is 0 Å². The van der Waals surface area contributed by atoms with E-state index in [1.54, 1.807) is 6.20 Å². The van der Waals surface area contributed by atoms with E-state index in [0.717, 1.165) is 19.4 Å². The van der Waals surface area contributed by atoms with Crippen molar-refractivity contribution in [1.29, 1.82) is 0 Å². The van der Waals surface area contributed by atoms with Gasteiger partial charge >= 0.3 is 0 Å². The molecule has 0 amide bonds. The molecule has 3 nitrogen and oxygen atoms in total. The van der Waals surface area contributed by atoms with E-state index in [1.165, 1.54) is 5.56 Å². The molecule has 0 saturated carbocycles. The molecule has 22 heavy (non-hydrogen) atoms. The molecule has 1 aliphatic carbocycles. The molecular formula is C19H22N2O. The monoisotopic (exact) mass is 294 g/mol. The summed E-state index contributed by atoms with van der Waals surface area (Å²) in [6.45, 7) is 2.91. The number of hydrogen-bond acceptors (Lipinski definition) is 2. The molecule has 1 aromatic heterocycles. The molecule has 0 fully saturated rings. The van der Waals surface area contributed by atoms with Gasteiger partial charge in [-0.1, -0.05) is 61.9 Å². The molecule has 114 valence electrons. The molecule has 0 N–H and O–H groups in total. The van der Waals surface area contributed by atoms with Crippen LogP contribution in [0, 0.1) is 0 Å². The number of imidazole rings is 1. The maximum absolute atomic E-state index is 6.41. The fraction of sp³-hybridized carbons (Fsp3) is 0.316. The number of unbranched alkanes of at least 4 members (excludes halogenated alkanes) is 1. The summed E-state index contributed by atoms with van der Waals surface area (Å²) >= 11 is 0. The maximum atomic E-state index is 6.41. The van der Waals surface area contributed by atoms with E-state index in [2.05, 4.69) is 65.0 Å². The van der Waals surface area contributed by atoms with Crippen LogP contribution in [-0.2, 0) is 10.5 Å². The molecule has 3 rings (SSSR count). The van der Waals surface area contributed by atoms with E-state index in [-0.39, 0.29) is 5.92 Å². The van der Waals surface area contributed by atoms with Crippen LogP contribution in [0.15, 0.2) is 73.4 Å². The van der Waals surface area contributed by atoms with Gasteiger partial charge in [-0.3, -0.25) is 0 Å². The quantitative estimate of drug-likeness (QED) is 0.744. The molecular weight excluding hydrogens is 272 g/mol. The van der Waals surface area contributed by atoms with Crippen molar-refractivity contribution in [2.45, 2.75) is 31.4 Å². The Morgan fingerprint density at radius 3 is 2.82 bits per heavy atom. The third-order valence-corrected chi connectivity index (χ3v) is 4.09. The molecule has 0 bridgehead atoms. The third-order valence-electron chi connectivity index (χ3n) is 4.09. The summed E-state index contributed by atoms with van der Waals surface area (Å²) < 4.78 is 8.48. The first kappa shape index (κ1) is 14.8. The Hall–Kier alpha value is -2.13. The van der Waals surface area contributed by atoms with Crippen molar-refractivity contribution in [2.75, 3.05) is 6.61 Å². The molecule has 0 aliphatic heterocycles. The highest BCUT2D eigenvalue weighted by atomic mass is 16.5. The van der Waals surface area contributed by atoms with E-state index in [0.29, 0.717) is 0 Å². The van der Waals surface area contributed by atoms with Gasteiger partial charge in [0.05, 0.1) is 12.2 Å². The normalized spacial score (nSPS) is 23.8. The lowest BCUT2D eigenvalue weighted by Crippen LogP contribution is -2.41. The van der Waals surface area contributed by atoms with Gasteiger partial charge in [0.2, 0.25) is 0 Å². The van der Waals surface area contributed by atoms with Crippen LogP contribution in [0.2, 0.25) is 0 Å². The van der Waals surface area contributed by atoms with Crippen molar-refractivity contribution >= 4 is 0 Å². The average Bonchev–Trinajstić information content (AvgIpc) is 3.11. The predicted octanol–water partition coefficient (Wildman–Crippen LogP) is 4.26.